The molecule has 0 bridgehead atoms. The van der Waals surface area contributed by atoms with Crippen molar-refractivity contribution in [3.8, 4) is 10.7 Å². The normalized spacial score (nSPS) is 11.6. The van der Waals surface area contributed by atoms with Crippen LogP contribution < -0.4 is 5.73 Å². The van der Waals surface area contributed by atoms with Crippen molar-refractivity contribution in [2.45, 2.75) is 19.3 Å². The molecule has 0 saturated carbocycles. The minimum atomic E-state index is -0.581. The SMILES string of the molecule is NCCCCc1c(-c2nc3ccccc3s2)[nH]c2c(F)cc(F)cc12. The van der Waals surface area contributed by atoms with Crippen molar-refractivity contribution in [2.24, 2.45) is 5.73 Å². The molecule has 4 aromatic rings. The molecule has 128 valence electrons. The lowest BCUT2D eigenvalue weighted by molar-refractivity contribution is 0.591. The van der Waals surface area contributed by atoms with Gasteiger partial charge in [0, 0.05) is 11.5 Å². The average Bonchev–Trinajstić information content (AvgIpc) is 3.17. The number of benzene rings is 2. The Morgan fingerprint density at radius 1 is 1.12 bits per heavy atom. The summed E-state index contributed by atoms with van der Waals surface area (Å²) in [5.74, 6) is -1.15. The van der Waals surface area contributed by atoms with Gasteiger partial charge in [0.25, 0.3) is 0 Å². The lowest BCUT2D eigenvalue weighted by Gasteiger charge is -2.02. The van der Waals surface area contributed by atoms with Gasteiger partial charge in [0.2, 0.25) is 0 Å². The molecule has 4 rings (SSSR count). The summed E-state index contributed by atoms with van der Waals surface area (Å²) < 4.78 is 29.1. The molecule has 0 fully saturated rings. The van der Waals surface area contributed by atoms with Crippen LogP contribution in [0, 0.1) is 11.6 Å². The van der Waals surface area contributed by atoms with Gasteiger partial charge < -0.3 is 10.7 Å². The van der Waals surface area contributed by atoms with E-state index in [0.717, 1.165) is 45.4 Å². The number of rotatable bonds is 5. The minimum Gasteiger partial charge on any atom is -0.350 e. The first kappa shape index (κ1) is 16.2. The van der Waals surface area contributed by atoms with Crippen LogP contribution in [0.15, 0.2) is 36.4 Å². The number of aromatic nitrogens is 2. The molecule has 6 heteroatoms. The number of halogens is 2. The molecule has 0 aliphatic carbocycles. The van der Waals surface area contributed by atoms with E-state index >= 15 is 0 Å². The summed E-state index contributed by atoms with van der Waals surface area (Å²) in [6, 6.07) is 10.2. The lowest BCUT2D eigenvalue weighted by atomic mass is 10.0. The van der Waals surface area contributed by atoms with E-state index in [1.165, 1.54) is 6.07 Å². The summed E-state index contributed by atoms with van der Waals surface area (Å²) in [5, 5.41) is 1.38. The zero-order valence-corrected chi connectivity index (χ0v) is 14.3. The maximum atomic E-state index is 14.2. The monoisotopic (exact) mass is 357 g/mol. The van der Waals surface area contributed by atoms with Crippen LogP contribution in [0.2, 0.25) is 0 Å². The van der Waals surface area contributed by atoms with Gasteiger partial charge in [-0.25, -0.2) is 13.8 Å². The topological polar surface area (TPSA) is 54.7 Å². The van der Waals surface area contributed by atoms with Gasteiger partial charge in [-0.3, -0.25) is 0 Å². The van der Waals surface area contributed by atoms with Crippen LogP contribution in [0.3, 0.4) is 0 Å². The molecule has 0 aliphatic rings. The smallest absolute Gasteiger partial charge is 0.150 e. The number of fused-ring (bicyclic) bond motifs is 2. The summed E-state index contributed by atoms with van der Waals surface area (Å²) >= 11 is 1.55. The Kier molecular flexibility index (Phi) is 4.23. The molecule has 0 atom stereocenters. The van der Waals surface area contributed by atoms with E-state index in [1.807, 2.05) is 24.3 Å². The molecule has 3 nitrogen and oxygen atoms in total. The number of nitrogens with zero attached hydrogens (tertiary/aromatic N) is 1. The molecule has 2 aromatic carbocycles. The molecule has 0 spiro atoms. The molecule has 0 aliphatic heterocycles. The number of aromatic amines is 1. The molecular weight excluding hydrogens is 340 g/mol. The van der Waals surface area contributed by atoms with Gasteiger partial charge in [-0.1, -0.05) is 12.1 Å². The van der Waals surface area contributed by atoms with Gasteiger partial charge in [0.15, 0.2) is 0 Å². The number of nitrogens with two attached hydrogens (primary N) is 1. The van der Waals surface area contributed by atoms with E-state index in [-0.39, 0.29) is 0 Å². The van der Waals surface area contributed by atoms with Crippen LogP contribution in [-0.2, 0) is 6.42 Å². The Bertz CT molecular complexity index is 1020. The Balaban J connectivity index is 1.91. The molecule has 0 unspecified atom stereocenters. The third-order valence-electron chi connectivity index (χ3n) is 4.32. The number of thiazole rings is 1. The van der Waals surface area contributed by atoms with Gasteiger partial charge in [-0.05, 0) is 49.6 Å². The van der Waals surface area contributed by atoms with Crippen molar-refractivity contribution in [1.82, 2.24) is 9.97 Å². The fourth-order valence-electron chi connectivity index (χ4n) is 3.14. The van der Waals surface area contributed by atoms with Crippen molar-refractivity contribution >= 4 is 32.5 Å². The highest BCUT2D eigenvalue weighted by atomic mass is 32.1. The number of H-pyrrole nitrogens is 1. The fourth-order valence-corrected chi connectivity index (χ4v) is 4.13. The molecule has 0 saturated heterocycles. The van der Waals surface area contributed by atoms with Crippen LogP contribution in [0.4, 0.5) is 8.78 Å². The van der Waals surface area contributed by atoms with Crippen LogP contribution in [0.1, 0.15) is 18.4 Å². The maximum absolute atomic E-state index is 14.2. The molecule has 3 N–H and O–H groups in total. The highest BCUT2D eigenvalue weighted by molar-refractivity contribution is 7.21. The van der Waals surface area contributed by atoms with Crippen LogP contribution >= 0.6 is 11.3 Å². The maximum Gasteiger partial charge on any atom is 0.150 e. The number of aryl methyl sites for hydroxylation is 1. The first-order chi connectivity index (χ1) is 12.2. The lowest BCUT2D eigenvalue weighted by Crippen LogP contribution is -1.99. The number of nitrogens with one attached hydrogen (secondary N) is 1. The van der Waals surface area contributed by atoms with E-state index in [9.17, 15) is 8.78 Å². The van der Waals surface area contributed by atoms with E-state index in [2.05, 4.69) is 9.97 Å². The third-order valence-corrected chi connectivity index (χ3v) is 5.37. The highest BCUT2D eigenvalue weighted by Crippen LogP contribution is 2.37. The van der Waals surface area contributed by atoms with Crippen LogP contribution in [-0.4, -0.2) is 16.5 Å². The van der Waals surface area contributed by atoms with Crippen molar-refractivity contribution < 1.29 is 8.78 Å². The second-order valence-electron chi connectivity index (χ2n) is 6.02. The van der Waals surface area contributed by atoms with Gasteiger partial charge in [-0.15, -0.1) is 11.3 Å². The summed E-state index contributed by atoms with van der Waals surface area (Å²) in [4.78, 5) is 7.80. The Labute approximate surface area is 147 Å². The zero-order valence-electron chi connectivity index (χ0n) is 13.5. The predicted octanol–water partition coefficient (Wildman–Crippen LogP) is 5.00. The molecule has 0 amide bonds. The number of hydrogen-bond acceptors (Lipinski definition) is 3. The Hall–Kier alpha value is -2.31. The predicted molar refractivity (Wildman–Crippen MR) is 98.8 cm³/mol. The fraction of sp³-hybridized carbons (Fsp3) is 0.211. The van der Waals surface area contributed by atoms with E-state index in [0.29, 0.717) is 23.9 Å². The average molecular weight is 357 g/mol. The van der Waals surface area contributed by atoms with Crippen molar-refractivity contribution in [2.75, 3.05) is 6.54 Å². The van der Waals surface area contributed by atoms with E-state index in [1.54, 1.807) is 11.3 Å². The third kappa shape index (κ3) is 2.92. The number of para-hydroxylation sites is 1. The molecule has 0 radical (unpaired) electrons. The highest BCUT2D eigenvalue weighted by Gasteiger charge is 2.19. The zero-order chi connectivity index (χ0) is 17.4. The standard InChI is InChI=1S/C19H17F2N3S/c20-11-9-13-12(5-3-4-8-22)18(24-17(13)14(21)10-11)19-23-15-6-1-2-7-16(15)25-19/h1-2,6-7,9-10,24H,3-5,8,22H2. The molecule has 25 heavy (non-hydrogen) atoms. The number of unbranched alkanes of at least 4 members (excludes halogenated alkanes) is 1. The number of hydrogen-bond donors (Lipinski definition) is 2. The van der Waals surface area contributed by atoms with Gasteiger partial charge in [0.05, 0.1) is 21.4 Å². The summed E-state index contributed by atoms with van der Waals surface area (Å²) in [6.45, 7) is 0.599. The minimum absolute atomic E-state index is 0.332. The molecule has 2 aromatic heterocycles. The summed E-state index contributed by atoms with van der Waals surface area (Å²) in [6.07, 6.45) is 2.43. The quantitative estimate of drug-likeness (QED) is 0.494. The van der Waals surface area contributed by atoms with E-state index in [4.69, 9.17) is 5.73 Å². The van der Waals surface area contributed by atoms with Crippen molar-refractivity contribution in [3.05, 3.63) is 53.6 Å². The van der Waals surface area contributed by atoms with Gasteiger partial charge in [-0.2, -0.15) is 0 Å². The first-order valence-corrected chi connectivity index (χ1v) is 9.04. The first-order valence-electron chi connectivity index (χ1n) is 8.23. The second kappa shape index (κ2) is 6.54. The van der Waals surface area contributed by atoms with Gasteiger partial charge in [0.1, 0.15) is 16.6 Å². The summed E-state index contributed by atoms with van der Waals surface area (Å²) in [5.41, 5.74) is 8.51. The van der Waals surface area contributed by atoms with Crippen molar-refractivity contribution in [3.63, 3.8) is 0 Å². The molecule has 2 heterocycles. The van der Waals surface area contributed by atoms with Crippen molar-refractivity contribution in [1.29, 1.82) is 0 Å². The van der Waals surface area contributed by atoms with Crippen LogP contribution in [0.5, 0.6) is 0 Å². The second-order valence-corrected chi connectivity index (χ2v) is 7.05. The Morgan fingerprint density at radius 3 is 2.76 bits per heavy atom. The largest absolute Gasteiger partial charge is 0.350 e. The van der Waals surface area contributed by atoms with Crippen LogP contribution in [0.25, 0.3) is 31.8 Å². The van der Waals surface area contributed by atoms with Gasteiger partial charge >= 0.3 is 0 Å². The Morgan fingerprint density at radius 2 is 1.96 bits per heavy atom. The van der Waals surface area contributed by atoms with E-state index < -0.39 is 11.6 Å². The summed E-state index contributed by atoms with van der Waals surface area (Å²) in [7, 11) is 0. The molecular formula is C19H17F2N3S.